The van der Waals surface area contributed by atoms with Gasteiger partial charge in [0.2, 0.25) is 0 Å². The number of para-hydroxylation sites is 1. The molecule has 0 unspecified atom stereocenters. The molecule has 0 saturated heterocycles. The van der Waals surface area contributed by atoms with E-state index in [1.807, 2.05) is 30.3 Å². The van der Waals surface area contributed by atoms with Gasteiger partial charge < -0.3 is 4.74 Å². The van der Waals surface area contributed by atoms with E-state index in [4.69, 9.17) is 4.74 Å². The largest absolute Gasteiger partial charge is 0.457 e. The van der Waals surface area contributed by atoms with Gasteiger partial charge in [-0.15, -0.1) is 0 Å². The van der Waals surface area contributed by atoms with Crippen molar-refractivity contribution in [3.63, 3.8) is 0 Å². The normalized spacial score (nSPS) is 11.7. The quantitative estimate of drug-likeness (QED) is 0.252. The van der Waals surface area contributed by atoms with E-state index < -0.39 is 0 Å². The van der Waals surface area contributed by atoms with Crippen molar-refractivity contribution >= 4 is 43.1 Å². The van der Waals surface area contributed by atoms with Crippen LogP contribution in [-0.2, 0) is 0 Å². The molecule has 0 N–H and O–H groups in total. The van der Waals surface area contributed by atoms with Gasteiger partial charge in [0.15, 0.2) is 0 Å². The Morgan fingerprint density at radius 1 is 0.441 bits per heavy atom. The Balaban J connectivity index is 1.49. The molecule has 0 bridgehead atoms. The van der Waals surface area contributed by atoms with Gasteiger partial charge in [-0.05, 0) is 91.0 Å². The summed E-state index contributed by atoms with van der Waals surface area (Å²) in [7, 11) is 0. The molecule has 160 valence electrons. The maximum Gasteiger partial charge on any atom is 0.128 e. The summed E-state index contributed by atoms with van der Waals surface area (Å²) >= 11 is 0. The Labute approximate surface area is 198 Å². The first-order valence-corrected chi connectivity index (χ1v) is 11.7. The van der Waals surface area contributed by atoms with Gasteiger partial charge in [0.1, 0.15) is 11.5 Å². The molecule has 7 aromatic rings. The summed E-state index contributed by atoms with van der Waals surface area (Å²) in [5.74, 6) is 1.71. The van der Waals surface area contributed by atoms with E-state index in [9.17, 15) is 0 Å². The van der Waals surface area contributed by atoms with Crippen molar-refractivity contribution < 1.29 is 4.74 Å². The predicted molar refractivity (Wildman–Crippen MR) is 144 cm³/mol. The SMILES string of the molecule is Cc1ccc(-c2ccc3ccc4cc(Oc5ccccc5)cc5ccc2c3c45)c2ccccc12. The fourth-order valence-corrected chi connectivity index (χ4v) is 5.39. The zero-order valence-electron chi connectivity index (χ0n) is 18.9. The van der Waals surface area contributed by atoms with E-state index in [2.05, 4.69) is 91.9 Å². The molecule has 7 rings (SSSR count). The Hall–Kier alpha value is -4.36. The molecule has 0 spiro atoms. The minimum absolute atomic E-state index is 0.851. The lowest BCUT2D eigenvalue weighted by Crippen LogP contribution is -1.90. The highest BCUT2D eigenvalue weighted by atomic mass is 16.5. The van der Waals surface area contributed by atoms with Crippen LogP contribution < -0.4 is 4.74 Å². The fraction of sp³-hybridized carbons (Fsp3) is 0.0303. The monoisotopic (exact) mass is 434 g/mol. The van der Waals surface area contributed by atoms with Crippen molar-refractivity contribution in [2.75, 3.05) is 0 Å². The summed E-state index contributed by atoms with van der Waals surface area (Å²) in [6.45, 7) is 2.19. The molecule has 0 saturated carbocycles. The topological polar surface area (TPSA) is 9.23 Å². The van der Waals surface area contributed by atoms with Gasteiger partial charge in [-0.1, -0.05) is 91.0 Å². The van der Waals surface area contributed by atoms with E-state index in [0.717, 1.165) is 11.5 Å². The summed E-state index contributed by atoms with van der Waals surface area (Å²) in [6, 6.07) is 41.0. The second kappa shape index (κ2) is 7.33. The third-order valence-electron chi connectivity index (χ3n) is 6.98. The van der Waals surface area contributed by atoms with E-state index in [1.54, 1.807) is 0 Å². The first kappa shape index (κ1) is 19.1. The van der Waals surface area contributed by atoms with Crippen LogP contribution in [0.3, 0.4) is 0 Å². The minimum atomic E-state index is 0.851. The van der Waals surface area contributed by atoms with Crippen LogP contribution in [0.4, 0.5) is 0 Å². The second-order valence-electron chi connectivity index (χ2n) is 9.03. The zero-order valence-corrected chi connectivity index (χ0v) is 18.9. The van der Waals surface area contributed by atoms with Crippen molar-refractivity contribution in [3.05, 3.63) is 121 Å². The van der Waals surface area contributed by atoms with E-state index >= 15 is 0 Å². The predicted octanol–water partition coefficient (Wildman–Crippen LogP) is 9.50. The average molecular weight is 435 g/mol. The van der Waals surface area contributed by atoms with Gasteiger partial charge in [-0.3, -0.25) is 0 Å². The fourth-order valence-electron chi connectivity index (χ4n) is 5.39. The summed E-state index contributed by atoms with van der Waals surface area (Å²) < 4.78 is 6.18. The molecule has 1 heteroatoms. The molecule has 0 amide bonds. The first-order chi connectivity index (χ1) is 16.8. The summed E-state index contributed by atoms with van der Waals surface area (Å²) in [5, 5.41) is 10.2. The van der Waals surface area contributed by atoms with E-state index in [1.165, 1.54) is 59.8 Å². The van der Waals surface area contributed by atoms with Crippen LogP contribution in [0.1, 0.15) is 5.56 Å². The van der Waals surface area contributed by atoms with Crippen LogP contribution in [0.5, 0.6) is 11.5 Å². The molecule has 7 aromatic carbocycles. The van der Waals surface area contributed by atoms with E-state index in [0.29, 0.717) is 0 Å². The molecule has 0 aromatic heterocycles. The van der Waals surface area contributed by atoms with Crippen LogP contribution in [0.25, 0.3) is 54.2 Å². The minimum Gasteiger partial charge on any atom is -0.457 e. The number of benzene rings is 7. The van der Waals surface area contributed by atoms with Gasteiger partial charge in [-0.25, -0.2) is 0 Å². The van der Waals surface area contributed by atoms with Crippen LogP contribution in [0.2, 0.25) is 0 Å². The zero-order chi connectivity index (χ0) is 22.6. The van der Waals surface area contributed by atoms with Crippen molar-refractivity contribution in [2.45, 2.75) is 6.92 Å². The third-order valence-corrected chi connectivity index (χ3v) is 6.98. The first-order valence-electron chi connectivity index (χ1n) is 11.7. The van der Waals surface area contributed by atoms with Crippen LogP contribution in [0.15, 0.2) is 115 Å². The number of ether oxygens (including phenoxy) is 1. The average Bonchev–Trinajstić information content (AvgIpc) is 2.88. The highest BCUT2D eigenvalue weighted by Crippen LogP contribution is 2.42. The molecule has 0 heterocycles. The van der Waals surface area contributed by atoms with Crippen molar-refractivity contribution in [1.29, 1.82) is 0 Å². The summed E-state index contributed by atoms with van der Waals surface area (Å²) in [4.78, 5) is 0. The van der Waals surface area contributed by atoms with Crippen molar-refractivity contribution in [2.24, 2.45) is 0 Å². The van der Waals surface area contributed by atoms with Gasteiger partial charge in [0, 0.05) is 0 Å². The molecule has 0 aliphatic carbocycles. The van der Waals surface area contributed by atoms with Crippen LogP contribution in [0, 0.1) is 6.92 Å². The summed E-state index contributed by atoms with van der Waals surface area (Å²) in [6.07, 6.45) is 0. The van der Waals surface area contributed by atoms with Gasteiger partial charge in [0.05, 0.1) is 0 Å². The van der Waals surface area contributed by atoms with Gasteiger partial charge >= 0.3 is 0 Å². The lowest BCUT2D eigenvalue weighted by molar-refractivity contribution is 0.484. The number of hydrogen-bond donors (Lipinski definition) is 0. The number of hydrogen-bond acceptors (Lipinski definition) is 1. The Morgan fingerprint density at radius 3 is 1.88 bits per heavy atom. The smallest absolute Gasteiger partial charge is 0.128 e. The highest BCUT2D eigenvalue weighted by molar-refractivity contribution is 6.26. The lowest BCUT2D eigenvalue weighted by Gasteiger charge is -2.17. The Bertz CT molecular complexity index is 1810. The Morgan fingerprint density at radius 2 is 1.06 bits per heavy atom. The molecule has 0 aliphatic heterocycles. The van der Waals surface area contributed by atoms with Gasteiger partial charge in [-0.2, -0.15) is 0 Å². The maximum atomic E-state index is 6.18. The van der Waals surface area contributed by atoms with Crippen LogP contribution in [-0.4, -0.2) is 0 Å². The molecule has 0 aliphatic rings. The number of aryl methyl sites for hydroxylation is 1. The molecule has 0 fully saturated rings. The molecule has 0 radical (unpaired) electrons. The highest BCUT2D eigenvalue weighted by Gasteiger charge is 2.15. The standard InChI is InChI=1S/C33H22O/c1-21-11-16-29(28-10-6-5-9-27(21)28)30-17-14-22-12-13-23-19-26(34-25-7-3-2-4-8-25)20-24-15-18-31(30)33(22)32(23)24/h2-20H,1H3. The third kappa shape index (κ3) is 2.87. The summed E-state index contributed by atoms with van der Waals surface area (Å²) in [5.41, 5.74) is 3.87. The maximum absolute atomic E-state index is 6.18. The lowest BCUT2D eigenvalue weighted by atomic mass is 9.88. The molecule has 0 atom stereocenters. The van der Waals surface area contributed by atoms with Crippen LogP contribution >= 0.6 is 0 Å². The van der Waals surface area contributed by atoms with Gasteiger partial charge in [0.25, 0.3) is 0 Å². The molecule has 34 heavy (non-hydrogen) atoms. The van der Waals surface area contributed by atoms with Crippen molar-refractivity contribution in [3.8, 4) is 22.6 Å². The molecular weight excluding hydrogens is 412 g/mol. The van der Waals surface area contributed by atoms with E-state index in [-0.39, 0.29) is 0 Å². The van der Waals surface area contributed by atoms with Crippen molar-refractivity contribution in [1.82, 2.24) is 0 Å². The molecular formula is C33H22O. The number of rotatable bonds is 3. The number of fused-ring (bicyclic) bond motifs is 1. The Kier molecular flexibility index (Phi) is 4.13. The molecule has 1 nitrogen and oxygen atoms in total. The second-order valence-corrected chi connectivity index (χ2v) is 9.03.